The maximum Gasteiger partial charge on any atom is -0.0169 e. The molecule has 0 aromatic rings. The molecule has 0 aliphatic carbocycles. The molecule has 0 heteroatoms. The first-order valence-electron chi connectivity index (χ1n) is 10.4. The first-order valence-corrected chi connectivity index (χ1v) is 10.4. The minimum atomic E-state index is 1.08. The molecule has 0 rings (SSSR count). The van der Waals surface area contributed by atoms with Gasteiger partial charge >= 0.3 is 0 Å². The third-order valence-electron chi connectivity index (χ3n) is 4.25. The van der Waals surface area contributed by atoms with Gasteiger partial charge in [0.25, 0.3) is 0 Å². The van der Waals surface area contributed by atoms with Crippen LogP contribution in [0.2, 0.25) is 0 Å². The van der Waals surface area contributed by atoms with E-state index in [2.05, 4.69) is 50.3 Å². The van der Waals surface area contributed by atoms with Gasteiger partial charge in [0.1, 0.15) is 0 Å². The summed E-state index contributed by atoms with van der Waals surface area (Å²) in [7, 11) is 0. The molecule has 0 aliphatic rings. The van der Waals surface area contributed by atoms with Crippen LogP contribution in [0.5, 0.6) is 0 Å². The van der Waals surface area contributed by atoms with Gasteiger partial charge in [0.05, 0.1) is 0 Å². The zero-order chi connectivity index (χ0) is 16.8. The first-order chi connectivity index (χ1) is 11.4. The Morgan fingerprint density at radius 1 is 0.435 bits per heavy atom. The zero-order valence-corrected chi connectivity index (χ0v) is 16.1. The van der Waals surface area contributed by atoms with E-state index in [0.717, 1.165) is 19.3 Å². The molecule has 0 saturated carbocycles. The van der Waals surface area contributed by atoms with Crippen molar-refractivity contribution in [3.05, 3.63) is 36.5 Å². The molecule has 0 heterocycles. The van der Waals surface area contributed by atoms with Gasteiger partial charge in [0, 0.05) is 0 Å². The lowest BCUT2D eigenvalue weighted by molar-refractivity contribution is 0.550. The van der Waals surface area contributed by atoms with Crippen molar-refractivity contribution >= 4 is 0 Å². The molecule has 0 spiro atoms. The Labute approximate surface area is 147 Å². The topological polar surface area (TPSA) is 0 Å². The van der Waals surface area contributed by atoms with Crippen molar-refractivity contribution in [2.75, 3.05) is 0 Å². The highest BCUT2D eigenvalue weighted by Gasteiger charge is 1.92. The summed E-state index contributed by atoms with van der Waals surface area (Å²) in [6.07, 6.45) is 34.0. The van der Waals surface area contributed by atoms with Crippen LogP contribution < -0.4 is 0 Å². The highest BCUT2D eigenvalue weighted by atomic mass is 14.0. The van der Waals surface area contributed by atoms with Crippen LogP contribution in [-0.2, 0) is 0 Å². The van der Waals surface area contributed by atoms with E-state index in [1.54, 1.807) is 0 Å². The van der Waals surface area contributed by atoms with Gasteiger partial charge in [-0.25, -0.2) is 0 Å². The van der Waals surface area contributed by atoms with Crippen LogP contribution in [-0.4, -0.2) is 0 Å². The summed E-state index contributed by atoms with van der Waals surface area (Å²) in [5.74, 6) is 0. The van der Waals surface area contributed by atoms with Crippen molar-refractivity contribution in [3.63, 3.8) is 0 Å². The quantitative estimate of drug-likeness (QED) is 0.186. The van der Waals surface area contributed by atoms with E-state index in [1.165, 1.54) is 77.0 Å². The number of hydrogen-bond acceptors (Lipinski definition) is 0. The van der Waals surface area contributed by atoms with Gasteiger partial charge in [0.15, 0.2) is 0 Å². The van der Waals surface area contributed by atoms with Crippen molar-refractivity contribution in [2.45, 2.75) is 110 Å². The molecule has 0 amide bonds. The van der Waals surface area contributed by atoms with Gasteiger partial charge in [0.2, 0.25) is 0 Å². The largest absolute Gasteiger partial charge is 0.0885 e. The van der Waals surface area contributed by atoms with Gasteiger partial charge in [-0.05, 0) is 32.1 Å². The lowest BCUT2D eigenvalue weighted by Gasteiger charge is -2.01. The Morgan fingerprint density at radius 3 is 1.39 bits per heavy atom. The molecule has 0 N–H and O–H groups in total. The average Bonchev–Trinajstić information content (AvgIpc) is 2.57. The third-order valence-corrected chi connectivity index (χ3v) is 4.25. The molecule has 0 saturated heterocycles. The van der Waals surface area contributed by atoms with E-state index in [4.69, 9.17) is 0 Å². The summed E-state index contributed by atoms with van der Waals surface area (Å²) < 4.78 is 0. The van der Waals surface area contributed by atoms with Gasteiger partial charge in [-0.15, -0.1) is 0 Å². The van der Waals surface area contributed by atoms with Crippen LogP contribution in [0.15, 0.2) is 36.5 Å². The second-order valence-electron chi connectivity index (χ2n) is 6.62. The van der Waals surface area contributed by atoms with E-state index in [1.807, 2.05) is 0 Å². The molecule has 0 unspecified atom stereocenters. The van der Waals surface area contributed by atoms with E-state index >= 15 is 0 Å². The van der Waals surface area contributed by atoms with Crippen LogP contribution in [0.25, 0.3) is 0 Å². The van der Waals surface area contributed by atoms with Crippen LogP contribution in [0.1, 0.15) is 110 Å². The SMILES string of the molecule is CC/C=C\C/C=C\C/C=C\CCCCCCCCCCCCC. The Balaban J connectivity index is 3.14. The Bertz CT molecular complexity index is 282. The molecule has 0 nitrogen and oxygen atoms in total. The lowest BCUT2D eigenvalue weighted by atomic mass is 10.1. The predicted octanol–water partition coefficient (Wildman–Crippen LogP) is 8.55. The summed E-state index contributed by atoms with van der Waals surface area (Å²) >= 11 is 0. The minimum absolute atomic E-state index is 1.08. The Morgan fingerprint density at radius 2 is 0.870 bits per heavy atom. The molecular formula is C23H42. The summed E-state index contributed by atoms with van der Waals surface area (Å²) in [5, 5.41) is 0. The normalized spacial score (nSPS) is 12.3. The number of rotatable bonds is 17. The van der Waals surface area contributed by atoms with Crippen LogP contribution >= 0.6 is 0 Å². The second kappa shape index (κ2) is 21.2. The van der Waals surface area contributed by atoms with E-state index in [9.17, 15) is 0 Å². The standard InChI is InChI=1S/C23H42/c1-3-5-7-9-11-13-15-17-19-21-23-22-20-18-16-14-12-10-8-6-4-2/h5,7,11,13,17,19H,3-4,6,8-10,12,14-16,18,20-23H2,1-2H3/b7-5-,13-11-,19-17-. The Hall–Kier alpha value is -0.780. The van der Waals surface area contributed by atoms with Gasteiger partial charge in [-0.2, -0.15) is 0 Å². The highest BCUT2D eigenvalue weighted by Crippen LogP contribution is 2.12. The fourth-order valence-corrected chi connectivity index (χ4v) is 2.75. The molecule has 23 heavy (non-hydrogen) atoms. The smallest absolute Gasteiger partial charge is 0.0169 e. The first kappa shape index (κ1) is 22.2. The fraction of sp³-hybridized carbons (Fsp3) is 0.739. The second-order valence-corrected chi connectivity index (χ2v) is 6.62. The zero-order valence-electron chi connectivity index (χ0n) is 16.1. The molecule has 0 bridgehead atoms. The molecule has 0 aliphatic heterocycles. The summed E-state index contributed by atoms with van der Waals surface area (Å²) in [4.78, 5) is 0. The highest BCUT2D eigenvalue weighted by molar-refractivity contribution is 4.96. The molecule has 0 aromatic heterocycles. The van der Waals surface area contributed by atoms with Gasteiger partial charge in [-0.3, -0.25) is 0 Å². The summed E-state index contributed by atoms with van der Waals surface area (Å²) in [6, 6.07) is 0. The summed E-state index contributed by atoms with van der Waals surface area (Å²) in [6.45, 7) is 4.47. The summed E-state index contributed by atoms with van der Waals surface area (Å²) in [5.41, 5.74) is 0. The predicted molar refractivity (Wildman–Crippen MR) is 108 cm³/mol. The number of hydrogen-bond donors (Lipinski definition) is 0. The van der Waals surface area contributed by atoms with Crippen molar-refractivity contribution in [3.8, 4) is 0 Å². The van der Waals surface area contributed by atoms with Crippen molar-refractivity contribution < 1.29 is 0 Å². The van der Waals surface area contributed by atoms with E-state index in [0.29, 0.717) is 0 Å². The molecule has 0 aromatic carbocycles. The van der Waals surface area contributed by atoms with Crippen molar-refractivity contribution in [1.29, 1.82) is 0 Å². The van der Waals surface area contributed by atoms with Crippen molar-refractivity contribution in [1.82, 2.24) is 0 Å². The molecule has 134 valence electrons. The maximum atomic E-state index is 2.36. The van der Waals surface area contributed by atoms with Gasteiger partial charge in [-0.1, -0.05) is 115 Å². The maximum absolute atomic E-state index is 2.36. The number of allylic oxidation sites excluding steroid dienone is 6. The van der Waals surface area contributed by atoms with Crippen molar-refractivity contribution in [2.24, 2.45) is 0 Å². The minimum Gasteiger partial charge on any atom is -0.0885 e. The number of unbranched alkanes of at least 4 members (excludes halogenated alkanes) is 11. The van der Waals surface area contributed by atoms with Crippen LogP contribution in [0.3, 0.4) is 0 Å². The molecule has 0 fully saturated rings. The molecular weight excluding hydrogens is 276 g/mol. The van der Waals surface area contributed by atoms with Crippen LogP contribution in [0, 0.1) is 0 Å². The molecule has 0 radical (unpaired) electrons. The fourth-order valence-electron chi connectivity index (χ4n) is 2.75. The van der Waals surface area contributed by atoms with Gasteiger partial charge < -0.3 is 0 Å². The van der Waals surface area contributed by atoms with E-state index in [-0.39, 0.29) is 0 Å². The third kappa shape index (κ3) is 21.2. The molecule has 0 atom stereocenters. The van der Waals surface area contributed by atoms with E-state index < -0.39 is 0 Å². The van der Waals surface area contributed by atoms with Crippen LogP contribution in [0.4, 0.5) is 0 Å². The Kier molecular flexibility index (Phi) is 20.5. The lowest BCUT2D eigenvalue weighted by Crippen LogP contribution is -1.81. The average molecular weight is 319 g/mol. The monoisotopic (exact) mass is 318 g/mol.